The molecule has 6 heteroatoms. The molecule has 0 aliphatic rings. The molecule has 0 saturated carbocycles. The van der Waals surface area contributed by atoms with Crippen LogP contribution in [0.2, 0.25) is 10.0 Å². The van der Waals surface area contributed by atoms with Crippen molar-refractivity contribution in [1.29, 1.82) is 5.26 Å². The van der Waals surface area contributed by atoms with Gasteiger partial charge in [0.2, 0.25) is 0 Å². The van der Waals surface area contributed by atoms with E-state index < -0.39 is 5.56 Å². The smallest absolute Gasteiger partial charge is 0.266 e. The van der Waals surface area contributed by atoms with Gasteiger partial charge in [-0.2, -0.15) is 5.26 Å². The van der Waals surface area contributed by atoms with Gasteiger partial charge in [-0.1, -0.05) is 41.4 Å². The molecule has 0 radical (unpaired) electrons. The zero-order valence-electron chi connectivity index (χ0n) is 13.8. The monoisotopic (exact) mass is 384 g/mol. The molecule has 0 spiro atoms. The van der Waals surface area contributed by atoms with Crippen molar-refractivity contribution in [2.45, 2.75) is 13.5 Å². The summed E-state index contributed by atoms with van der Waals surface area (Å²) in [5.41, 5.74) is 2.50. The Balaban J connectivity index is 1.88. The van der Waals surface area contributed by atoms with Crippen LogP contribution in [0.1, 0.15) is 16.8 Å². The standard InChI is InChI=1S/C20H14Cl2N2O2/c1-12-8-16(17(10-23)20(25)24-12)14-4-7-19(18(22)9-14)26-11-13-2-5-15(21)6-3-13/h2-9H,11H2,1H3,(H,24,25). The molecule has 3 rings (SSSR count). The van der Waals surface area contributed by atoms with E-state index in [-0.39, 0.29) is 5.56 Å². The first-order chi connectivity index (χ1) is 12.5. The number of H-pyrrole nitrogens is 1. The molecule has 0 aliphatic heterocycles. The van der Waals surface area contributed by atoms with Crippen LogP contribution in [0.15, 0.2) is 53.3 Å². The highest BCUT2D eigenvalue weighted by Crippen LogP contribution is 2.32. The zero-order valence-corrected chi connectivity index (χ0v) is 15.4. The summed E-state index contributed by atoms with van der Waals surface area (Å²) in [5, 5.41) is 10.3. The lowest BCUT2D eigenvalue weighted by molar-refractivity contribution is 0.306. The Labute approximate surface area is 160 Å². The number of hydrogen-bond acceptors (Lipinski definition) is 3. The summed E-state index contributed by atoms with van der Waals surface area (Å²) in [6.07, 6.45) is 0. The van der Waals surface area contributed by atoms with Gasteiger partial charge in [0.15, 0.2) is 0 Å². The van der Waals surface area contributed by atoms with Gasteiger partial charge in [-0.05, 0) is 48.4 Å². The van der Waals surface area contributed by atoms with Crippen LogP contribution >= 0.6 is 23.2 Å². The number of aromatic amines is 1. The Morgan fingerprint density at radius 1 is 1.12 bits per heavy atom. The number of nitriles is 1. The summed E-state index contributed by atoms with van der Waals surface area (Å²) in [7, 11) is 0. The molecule has 0 aliphatic carbocycles. The largest absolute Gasteiger partial charge is 0.487 e. The number of nitrogens with one attached hydrogen (secondary N) is 1. The highest BCUT2D eigenvalue weighted by Gasteiger charge is 2.12. The second-order valence-electron chi connectivity index (χ2n) is 5.74. The van der Waals surface area contributed by atoms with Gasteiger partial charge in [0.25, 0.3) is 5.56 Å². The summed E-state index contributed by atoms with van der Waals surface area (Å²) in [6, 6.07) is 16.2. The fourth-order valence-corrected chi connectivity index (χ4v) is 2.92. The van der Waals surface area contributed by atoms with Crippen molar-refractivity contribution in [2.24, 2.45) is 0 Å². The number of ether oxygens (including phenoxy) is 1. The Bertz CT molecular complexity index is 1050. The number of nitrogens with zero attached hydrogens (tertiary/aromatic N) is 1. The lowest BCUT2D eigenvalue weighted by Gasteiger charge is -2.11. The van der Waals surface area contributed by atoms with Crippen molar-refractivity contribution in [3.8, 4) is 22.9 Å². The van der Waals surface area contributed by atoms with Gasteiger partial charge in [0.05, 0.1) is 5.02 Å². The Morgan fingerprint density at radius 2 is 1.85 bits per heavy atom. The fraction of sp³-hybridized carbons (Fsp3) is 0.100. The van der Waals surface area contributed by atoms with Crippen molar-refractivity contribution in [3.63, 3.8) is 0 Å². The van der Waals surface area contributed by atoms with Crippen LogP contribution in [0.4, 0.5) is 0 Å². The minimum atomic E-state index is -0.415. The number of halogens is 2. The molecule has 130 valence electrons. The first kappa shape index (κ1) is 18.1. The predicted octanol–water partition coefficient (Wildman–Crippen LogP) is 5.11. The highest BCUT2D eigenvalue weighted by atomic mass is 35.5. The first-order valence-electron chi connectivity index (χ1n) is 7.79. The molecule has 0 amide bonds. The average molecular weight is 385 g/mol. The summed E-state index contributed by atoms with van der Waals surface area (Å²) >= 11 is 12.2. The van der Waals surface area contributed by atoms with Gasteiger partial charge in [0, 0.05) is 16.3 Å². The summed E-state index contributed by atoms with van der Waals surface area (Å²) in [4.78, 5) is 14.6. The van der Waals surface area contributed by atoms with Crippen molar-refractivity contribution in [3.05, 3.63) is 85.8 Å². The van der Waals surface area contributed by atoms with Crippen LogP contribution in [0.25, 0.3) is 11.1 Å². The molecule has 26 heavy (non-hydrogen) atoms. The minimum Gasteiger partial charge on any atom is -0.487 e. The maximum atomic E-state index is 12.0. The van der Waals surface area contributed by atoms with Crippen molar-refractivity contribution in [2.75, 3.05) is 0 Å². The number of rotatable bonds is 4. The topological polar surface area (TPSA) is 65.9 Å². The minimum absolute atomic E-state index is 0.0569. The van der Waals surface area contributed by atoms with E-state index in [1.54, 1.807) is 43.3 Å². The number of hydrogen-bond donors (Lipinski definition) is 1. The predicted molar refractivity (Wildman–Crippen MR) is 103 cm³/mol. The van der Waals surface area contributed by atoms with Gasteiger partial charge >= 0.3 is 0 Å². The van der Waals surface area contributed by atoms with E-state index in [9.17, 15) is 10.1 Å². The number of aryl methyl sites for hydroxylation is 1. The van der Waals surface area contributed by atoms with Crippen LogP contribution in [0, 0.1) is 18.3 Å². The van der Waals surface area contributed by atoms with E-state index >= 15 is 0 Å². The molecule has 1 N–H and O–H groups in total. The van der Waals surface area contributed by atoms with Gasteiger partial charge in [0.1, 0.15) is 24.0 Å². The normalized spacial score (nSPS) is 10.4. The van der Waals surface area contributed by atoms with E-state index in [1.165, 1.54) is 0 Å². The molecule has 0 fully saturated rings. The van der Waals surface area contributed by atoms with Crippen molar-refractivity contribution in [1.82, 2.24) is 4.98 Å². The molecule has 2 aromatic carbocycles. The van der Waals surface area contributed by atoms with Crippen molar-refractivity contribution < 1.29 is 4.74 Å². The van der Waals surface area contributed by atoms with Gasteiger partial charge < -0.3 is 9.72 Å². The van der Waals surface area contributed by atoms with Crippen LogP contribution in [-0.4, -0.2) is 4.98 Å². The molecule has 1 heterocycles. The average Bonchev–Trinajstić information content (AvgIpc) is 2.61. The van der Waals surface area contributed by atoms with E-state index in [4.69, 9.17) is 27.9 Å². The van der Waals surface area contributed by atoms with Gasteiger partial charge in [-0.3, -0.25) is 4.79 Å². The Morgan fingerprint density at radius 3 is 2.50 bits per heavy atom. The number of pyridine rings is 1. The first-order valence-corrected chi connectivity index (χ1v) is 8.54. The van der Waals surface area contributed by atoms with E-state index in [0.717, 1.165) is 5.56 Å². The van der Waals surface area contributed by atoms with Crippen LogP contribution in [-0.2, 0) is 6.61 Å². The third kappa shape index (κ3) is 3.91. The van der Waals surface area contributed by atoms with Gasteiger partial charge in [-0.25, -0.2) is 0 Å². The van der Waals surface area contributed by atoms with Crippen LogP contribution in [0.5, 0.6) is 5.75 Å². The third-order valence-electron chi connectivity index (χ3n) is 3.83. The van der Waals surface area contributed by atoms with E-state index in [1.807, 2.05) is 18.2 Å². The molecule has 0 unspecified atom stereocenters. The van der Waals surface area contributed by atoms with Crippen LogP contribution < -0.4 is 10.3 Å². The second-order valence-corrected chi connectivity index (χ2v) is 6.59. The molecule has 3 aromatic rings. The third-order valence-corrected chi connectivity index (χ3v) is 4.38. The molecular formula is C20H14Cl2N2O2. The summed E-state index contributed by atoms with van der Waals surface area (Å²) in [6.45, 7) is 2.11. The van der Waals surface area contributed by atoms with E-state index in [0.29, 0.717) is 39.2 Å². The maximum absolute atomic E-state index is 12.0. The fourth-order valence-electron chi connectivity index (χ4n) is 2.55. The Kier molecular flexibility index (Phi) is 5.32. The molecule has 0 bridgehead atoms. The maximum Gasteiger partial charge on any atom is 0.266 e. The summed E-state index contributed by atoms with van der Waals surface area (Å²) < 4.78 is 5.75. The molecule has 0 saturated heterocycles. The lowest BCUT2D eigenvalue weighted by Crippen LogP contribution is -2.12. The molecular weight excluding hydrogens is 371 g/mol. The quantitative estimate of drug-likeness (QED) is 0.679. The lowest BCUT2D eigenvalue weighted by atomic mass is 10.0. The molecule has 4 nitrogen and oxygen atoms in total. The second kappa shape index (κ2) is 7.65. The molecule has 0 atom stereocenters. The SMILES string of the molecule is Cc1cc(-c2ccc(OCc3ccc(Cl)cc3)c(Cl)c2)c(C#N)c(=O)[nH]1. The van der Waals surface area contributed by atoms with Crippen molar-refractivity contribution >= 4 is 23.2 Å². The highest BCUT2D eigenvalue weighted by molar-refractivity contribution is 6.32. The van der Waals surface area contributed by atoms with E-state index in [2.05, 4.69) is 4.98 Å². The summed E-state index contributed by atoms with van der Waals surface area (Å²) in [5.74, 6) is 0.519. The van der Waals surface area contributed by atoms with Crippen LogP contribution in [0.3, 0.4) is 0 Å². The van der Waals surface area contributed by atoms with Gasteiger partial charge in [-0.15, -0.1) is 0 Å². The number of benzene rings is 2. The molecule has 1 aromatic heterocycles. The number of aromatic nitrogens is 1. The zero-order chi connectivity index (χ0) is 18.7. The Hall–Kier alpha value is -2.74.